The Bertz CT molecular complexity index is 890. The van der Waals surface area contributed by atoms with Crippen LogP contribution in [0, 0.1) is 11.3 Å². The summed E-state index contributed by atoms with van der Waals surface area (Å²) in [5.41, 5.74) is 1.20. The normalized spacial score (nSPS) is 10.4. The SMILES string of the molecule is COc1ccc(Cc2nnc(Sc3ccc(Cl)c(C#N)n3)o2)cc1. The quantitative estimate of drug-likeness (QED) is 0.686. The van der Waals surface area contributed by atoms with E-state index in [9.17, 15) is 0 Å². The molecule has 3 aromatic rings. The molecule has 0 aliphatic heterocycles. The fourth-order valence-electron chi connectivity index (χ4n) is 1.92. The van der Waals surface area contributed by atoms with Crippen molar-refractivity contribution in [1.82, 2.24) is 15.2 Å². The molecular formula is C16H11ClN4O2S. The van der Waals surface area contributed by atoms with Crippen molar-refractivity contribution in [3.05, 3.63) is 58.6 Å². The van der Waals surface area contributed by atoms with Gasteiger partial charge in [0, 0.05) is 0 Å². The fraction of sp³-hybridized carbons (Fsp3) is 0.125. The Hall–Kier alpha value is -2.56. The van der Waals surface area contributed by atoms with Crippen molar-refractivity contribution in [1.29, 1.82) is 5.26 Å². The van der Waals surface area contributed by atoms with E-state index in [0.717, 1.165) is 11.3 Å². The maximum absolute atomic E-state index is 8.95. The van der Waals surface area contributed by atoms with Gasteiger partial charge in [0.1, 0.15) is 16.8 Å². The number of ether oxygens (including phenoxy) is 1. The molecule has 120 valence electrons. The van der Waals surface area contributed by atoms with Gasteiger partial charge in [-0.2, -0.15) is 5.26 Å². The van der Waals surface area contributed by atoms with Crippen molar-refractivity contribution in [3.63, 3.8) is 0 Å². The predicted molar refractivity (Wildman–Crippen MR) is 88.2 cm³/mol. The van der Waals surface area contributed by atoms with Crippen LogP contribution in [0.1, 0.15) is 17.1 Å². The first kappa shape index (κ1) is 16.3. The van der Waals surface area contributed by atoms with Gasteiger partial charge in [-0.05, 0) is 41.6 Å². The highest BCUT2D eigenvalue weighted by Crippen LogP contribution is 2.27. The van der Waals surface area contributed by atoms with Crippen LogP contribution < -0.4 is 4.74 Å². The average Bonchev–Trinajstić information content (AvgIpc) is 3.04. The summed E-state index contributed by atoms with van der Waals surface area (Å²) in [6.45, 7) is 0. The Morgan fingerprint density at radius 2 is 2.00 bits per heavy atom. The third-order valence-electron chi connectivity index (χ3n) is 3.08. The molecule has 2 aromatic heterocycles. The summed E-state index contributed by atoms with van der Waals surface area (Å²) in [4.78, 5) is 4.13. The lowest BCUT2D eigenvalue weighted by molar-refractivity contribution is 0.413. The summed E-state index contributed by atoms with van der Waals surface area (Å²) in [5, 5.41) is 18.2. The first-order valence-electron chi connectivity index (χ1n) is 6.88. The standard InChI is InChI=1S/C16H11ClN4O2S/c1-22-11-4-2-10(3-5-11)8-14-20-21-16(23-14)24-15-7-6-12(17)13(9-18)19-15/h2-7H,8H2,1H3. The van der Waals surface area contributed by atoms with Crippen LogP contribution >= 0.6 is 23.4 Å². The summed E-state index contributed by atoms with van der Waals surface area (Å²) in [5.74, 6) is 1.29. The van der Waals surface area contributed by atoms with Gasteiger partial charge >= 0.3 is 0 Å². The Morgan fingerprint density at radius 3 is 2.71 bits per heavy atom. The molecule has 6 nitrogen and oxygen atoms in total. The van der Waals surface area contributed by atoms with Crippen LogP contribution in [0.15, 0.2) is 51.1 Å². The average molecular weight is 359 g/mol. The number of hydrogen-bond acceptors (Lipinski definition) is 7. The summed E-state index contributed by atoms with van der Waals surface area (Å²) >= 11 is 7.04. The molecule has 0 fully saturated rings. The number of benzene rings is 1. The van der Waals surface area contributed by atoms with E-state index in [-0.39, 0.29) is 5.69 Å². The second-order valence-corrected chi connectivity index (χ2v) is 6.06. The molecule has 0 N–H and O–H groups in total. The molecule has 0 radical (unpaired) electrons. The number of nitrogens with zero attached hydrogens (tertiary/aromatic N) is 4. The minimum Gasteiger partial charge on any atom is -0.497 e. The van der Waals surface area contributed by atoms with Crippen molar-refractivity contribution < 1.29 is 9.15 Å². The smallest absolute Gasteiger partial charge is 0.282 e. The van der Waals surface area contributed by atoms with E-state index in [1.807, 2.05) is 30.3 Å². The minimum absolute atomic E-state index is 0.166. The molecule has 8 heteroatoms. The zero-order valence-corrected chi connectivity index (χ0v) is 14.1. The first-order chi connectivity index (χ1) is 11.7. The van der Waals surface area contributed by atoms with Crippen LogP contribution in [0.25, 0.3) is 0 Å². The molecule has 0 unspecified atom stereocenters. The fourth-order valence-corrected chi connectivity index (χ4v) is 2.74. The lowest BCUT2D eigenvalue weighted by atomic mass is 10.1. The van der Waals surface area contributed by atoms with E-state index in [1.54, 1.807) is 19.2 Å². The van der Waals surface area contributed by atoms with Gasteiger partial charge in [0.15, 0.2) is 5.69 Å². The third kappa shape index (κ3) is 3.85. The molecule has 0 aliphatic rings. The second kappa shape index (κ2) is 7.34. The van der Waals surface area contributed by atoms with Crippen LogP contribution in [0.2, 0.25) is 5.02 Å². The highest BCUT2D eigenvalue weighted by atomic mass is 35.5. The Kier molecular flexibility index (Phi) is 4.99. The predicted octanol–water partition coefficient (Wildman–Crippen LogP) is 3.74. The van der Waals surface area contributed by atoms with E-state index >= 15 is 0 Å². The third-order valence-corrected chi connectivity index (χ3v) is 4.16. The largest absolute Gasteiger partial charge is 0.497 e. The molecule has 0 saturated heterocycles. The van der Waals surface area contributed by atoms with Crippen molar-refractivity contribution >= 4 is 23.4 Å². The van der Waals surface area contributed by atoms with Gasteiger partial charge in [0.05, 0.1) is 18.6 Å². The van der Waals surface area contributed by atoms with Crippen LogP contribution in [0.3, 0.4) is 0 Å². The number of methoxy groups -OCH3 is 1. The number of nitriles is 1. The van der Waals surface area contributed by atoms with Crippen LogP contribution in [0.4, 0.5) is 0 Å². The summed E-state index contributed by atoms with van der Waals surface area (Å²) in [6, 6.07) is 12.9. The van der Waals surface area contributed by atoms with Gasteiger partial charge in [-0.3, -0.25) is 0 Å². The maximum atomic E-state index is 8.95. The Balaban J connectivity index is 1.70. The van der Waals surface area contributed by atoms with Crippen LogP contribution in [-0.2, 0) is 6.42 Å². The topological polar surface area (TPSA) is 84.8 Å². The molecule has 2 heterocycles. The molecule has 0 spiro atoms. The number of halogens is 1. The van der Waals surface area contributed by atoms with Gasteiger partial charge in [-0.1, -0.05) is 23.7 Å². The van der Waals surface area contributed by atoms with E-state index in [1.165, 1.54) is 11.8 Å². The van der Waals surface area contributed by atoms with Gasteiger partial charge < -0.3 is 9.15 Å². The summed E-state index contributed by atoms with van der Waals surface area (Å²) in [6.07, 6.45) is 0.523. The highest BCUT2D eigenvalue weighted by Gasteiger charge is 2.11. The molecule has 0 amide bonds. The Morgan fingerprint density at radius 1 is 1.21 bits per heavy atom. The lowest BCUT2D eigenvalue weighted by Crippen LogP contribution is -1.89. The maximum Gasteiger partial charge on any atom is 0.282 e. The summed E-state index contributed by atoms with van der Waals surface area (Å²) < 4.78 is 10.7. The van der Waals surface area contributed by atoms with Gasteiger partial charge in [0.2, 0.25) is 5.89 Å². The zero-order chi connectivity index (χ0) is 16.9. The minimum atomic E-state index is 0.166. The molecule has 1 aromatic carbocycles. The number of hydrogen-bond donors (Lipinski definition) is 0. The molecule has 0 aliphatic carbocycles. The highest BCUT2D eigenvalue weighted by molar-refractivity contribution is 7.99. The van der Waals surface area contributed by atoms with E-state index in [2.05, 4.69) is 15.2 Å². The Labute approximate surface area is 147 Å². The van der Waals surface area contributed by atoms with Crippen LogP contribution in [0.5, 0.6) is 5.75 Å². The van der Waals surface area contributed by atoms with Crippen molar-refractivity contribution in [2.24, 2.45) is 0 Å². The van der Waals surface area contributed by atoms with E-state index in [4.69, 9.17) is 26.0 Å². The molecule has 0 bridgehead atoms. The molecule has 24 heavy (non-hydrogen) atoms. The number of pyridine rings is 1. The van der Waals surface area contributed by atoms with Crippen molar-refractivity contribution in [2.45, 2.75) is 16.7 Å². The molecule has 0 saturated carbocycles. The van der Waals surface area contributed by atoms with Crippen LogP contribution in [-0.4, -0.2) is 22.3 Å². The van der Waals surface area contributed by atoms with E-state index < -0.39 is 0 Å². The first-order valence-corrected chi connectivity index (χ1v) is 8.07. The number of aromatic nitrogens is 3. The molecule has 3 rings (SSSR count). The lowest BCUT2D eigenvalue weighted by Gasteiger charge is -2.00. The van der Waals surface area contributed by atoms with E-state index in [0.29, 0.717) is 27.6 Å². The van der Waals surface area contributed by atoms with Crippen molar-refractivity contribution in [3.8, 4) is 11.8 Å². The zero-order valence-electron chi connectivity index (χ0n) is 12.6. The molecule has 0 atom stereocenters. The second-order valence-electron chi connectivity index (χ2n) is 4.68. The monoisotopic (exact) mass is 358 g/mol. The van der Waals surface area contributed by atoms with Crippen molar-refractivity contribution in [2.75, 3.05) is 7.11 Å². The van der Waals surface area contributed by atoms with Gasteiger partial charge in [0.25, 0.3) is 5.22 Å². The van der Waals surface area contributed by atoms with Gasteiger partial charge in [-0.25, -0.2) is 4.98 Å². The summed E-state index contributed by atoms with van der Waals surface area (Å²) in [7, 11) is 1.62. The van der Waals surface area contributed by atoms with Gasteiger partial charge in [-0.15, -0.1) is 10.2 Å². The number of rotatable bonds is 5. The molecular weight excluding hydrogens is 348 g/mol.